The number of aromatic nitrogens is 2. The average molecular weight is 363 g/mol. The van der Waals surface area contributed by atoms with Gasteiger partial charge in [0.15, 0.2) is 0 Å². The van der Waals surface area contributed by atoms with E-state index in [1.807, 2.05) is 25.1 Å². The number of anilines is 3. The van der Waals surface area contributed by atoms with E-state index in [2.05, 4.69) is 56.4 Å². The normalized spacial score (nSPS) is 10.5. The van der Waals surface area contributed by atoms with Crippen molar-refractivity contribution in [2.75, 3.05) is 17.2 Å². The summed E-state index contributed by atoms with van der Waals surface area (Å²) in [7, 11) is 0. The largest absolute Gasteiger partial charge is 0.370 e. The fourth-order valence-electron chi connectivity index (χ4n) is 2.16. The van der Waals surface area contributed by atoms with E-state index in [1.165, 1.54) is 18.4 Å². The maximum atomic E-state index is 4.53. The molecular weight excluding hydrogens is 340 g/mol. The minimum absolute atomic E-state index is 0.625. The molecule has 0 aliphatic heterocycles. The van der Waals surface area contributed by atoms with Crippen LogP contribution in [-0.2, 0) is 0 Å². The molecule has 0 aliphatic carbocycles. The zero-order valence-corrected chi connectivity index (χ0v) is 15.0. The van der Waals surface area contributed by atoms with Gasteiger partial charge in [0.05, 0.1) is 0 Å². The second kappa shape index (κ2) is 8.13. The first-order chi connectivity index (χ1) is 10.6. The molecule has 0 atom stereocenters. The topological polar surface area (TPSA) is 49.8 Å². The van der Waals surface area contributed by atoms with Gasteiger partial charge in [0.25, 0.3) is 0 Å². The lowest BCUT2D eigenvalue weighted by Gasteiger charge is -2.10. The van der Waals surface area contributed by atoms with Crippen LogP contribution in [-0.4, -0.2) is 16.5 Å². The second-order valence-corrected chi connectivity index (χ2v) is 6.30. The Morgan fingerprint density at radius 1 is 1.09 bits per heavy atom. The number of nitrogens with one attached hydrogen (secondary N) is 2. The summed E-state index contributed by atoms with van der Waals surface area (Å²) in [6, 6.07) is 8.09. The van der Waals surface area contributed by atoms with Gasteiger partial charge in [0, 0.05) is 28.5 Å². The smallest absolute Gasteiger partial charge is 0.229 e. The van der Waals surface area contributed by atoms with E-state index >= 15 is 0 Å². The minimum Gasteiger partial charge on any atom is -0.370 e. The lowest BCUT2D eigenvalue weighted by Crippen LogP contribution is -2.06. The van der Waals surface area contributed by atoms with Crippen molar-refractivity contribution in [2.24, 2.45) is 0 Å². The van der Waals surface area contributed by atoms with Crippen molar-refractivity contribution in [1.82, 2.24) is 9.97 Å². The molecule has 2 N–H and O–H groups in total. The third-order valence-electron chi connectivity index (χ3n) is 3.35. The van der Waals surface area contributed by atoms with Gasteiger partial charge in [-0.25, -0.2) is 4.98 Å². The van der Waals surface area contributed by atoms with Crippen molar-refractivity contribution < 1.29 is 0 Å². The average Bonchev–Trinajstić information content (AvgIpc) is 2.47. The lowest BCUT2D eigenvalue weighted by molar-refractivity contribution is 0.742. The molecule has 0 saturated carbocycles. The standard InChI is InChI=1S/C17H23BrN4/c1-4-5-6-9-19-16-11-13(3)20-17(22-16)21-14-7-8-15(18)12(2)10-14/h7-8,10-11H,4-6,9H2,1-3H3,(H2,19,20,21,22). The Balaban J connectivity index is 2.06. The number of rotatable bonds is 7. The molecule has 0 aliphatic rings. The molecule has 0 saturated heterocycles. The highest BCUT2D eigenvalue weighted by molar-refractivity contribution is 9.10. The molecule has 4 nitrogen and oxygen atoms in total. The fraction of sp³-hybridized carbons (Fsp3) is 0.412. The predicted molar refractivity (Wildman–Crippen MR) is 96.9 cm³/mol. The van der Waals surface area contributed by atoms with Gasteiger partial charge < -0.3 is 10.6 Å². The molecule has 1 aromatic carbocycles. The summed E-state index contributed by atoms with van der Waals surface area (Å²) in [5, 5.41) is 6.64. The van der Waals surface area contributed by atoms with Crippen LogP contribution in [0.25, 0.3) is 0 Å². The molecule has 0 radical (unpaired) electrons. The van der Waals surface area contributed by atoms with Crippen LogP contribution < -0.4 is 10.6 Å². The van der Waals surface area contributed by atoms with Gasteiger partial charge in [0.1, 0.15) is 5.82 Å². The molecule has 2 aromatic rings. The van der Waals surface area contributed by atoms with Gasteiger partial charge in [-0.1, -0.05) is 35.7 Å². The van der Waals surface area contributed by atoms with Crippen molar-refractivity contribution in [2.45, 2.75) is 40.0 Å². The number of halogens is 1. The zero-order chi connectivity index (χ0) is 15.9. The molecule has 1 aromatic heterocycles. The van der Waals surface area contributed by atoms with E-state index in [1.54, 1.807) is 0 Å². The summed E-state index contributed by atoms with van der Waals surface area (Å²) in [5.74, 6) is 1.50. The minimum atomic E-state index is 0.625. The van der Waals surface area contributed by atoms with E-state index < -0.39 is 0 Å². The number of hydrogen-bond acceptors (Lipinski definition) is 4. The summed E-state index contributed by atoms with van der Waals surface area (Å²) >= 11 is 3.51. The van der Waals surface area contributed by atoms with Crippen molar-refractivity contribution in [1.29, 1.82) is 0 Å². The summed E-state index contributed by atoms with van der Waals surface area (Å²) in [4.78, 5) is 8.99. The maximum Gasteiger partial charge on any atom is 0.229 e. The predicted octanol–water partition coefficient (Wildman–Crippen LogP) is 5.20. The van der Waals surface area contributed by atoms with Crippen LogP contribution in [0.1, 0.15) is 37.4 Å². The summed E-state index contributed by atoms with van der Waals surface area (Å²) < 4.78 is 1.10. The maximum absolute atomic E-state index is 4.53. The lowest BCUT2D eigenvalue weighted by atomic mass is 10.2. The Labute approximate surface area is 140 Å². The molecule has 0 bridgehead atoms. The molecule has 0 amide bonds. The molecule has 22 heavy (non-hydrogen) atoms. The van der Waals surface area contributed by atoms with Gasteiger partial charge in [-0.15, -0.1) is 0 Å². The van der Waals surface area contributed by atoms with Gasteiger partial charge in [-0.3, -0.25) is 0 Å². The fourth-order valence-corrected chi connectivity index (χ4v) is 2.40. The van der Waals surface area contributed by atoms with Crippen LogP contribution in [0.4, 0.5) is 17.5 Å². The van der Waals surface area contributed by atoms with Crippen LogP contribution >= 0.6 is 15.9 Å². The Kier molecular flexibility index (Phi) is 6.19. The quantitative estimate of drug-likeness (QED) is 0.664. The molecule has 118 valence electrons. The van der Waals surface area contributed by atoms with Crippen molar-refractivity contribution in [3.8, 4) is 0 Å². The Morgan fingerprint density at radius 2 is 1.91 bits per heavy atom. The van der Waals surface area contributed by atoms with Crippen LogP contribution in [0.5, 0.6) is 0 Å². The van der Waals surface area contributed by atoms with Crippen LogP contribution in [0, 0.1) is 13.8 Å². The Bertz CT molecular complexity index is 628. The first kappa shape index (κ1) is 16.7. The first-order valence-electron chi connectivity index (χ1n) is 7.71. The molecule has 1 heterocycles. The van der Waals surface area contributed by atoms with E-state index in [-0.39, 0.29) is 0 Å². The summed E-state index contributed by atoms with van der Waals surface area (Å²) in [6.07, 6.45) is 3.62. The summed E-state index contributed by atoms with van der Waals surface area (Å²) in [6.45, 7) is 7.20. The summed E-state index contributed by atoms with van der Waals surface area (Å²) in [5.41, 5.74) is 3.11. The Hall–Kier alpha value is -1.62. The van der Waals surface area contributed by atoms with Gasteiger partial charge >= 0.3 is 0 Å². The molecule has 0 unspecified atom stereocenters. The van der Waals surface area contributed by atoms with E-state index in [0.29, 0.717) is 5.95 Å². The molecule has 0 fully saturated rings. The van der Waals surface area contributed by atoms with Crippen molar-refractivity contribution >= 4 is 33.4 Å². The SMILES string of the molecule is CCCCCNc1cc(C)nc(Nc2ccc(Br)c(C)c2)n1. The number of nitrogens with zero attached hydrogens (tertiary/aromatic N) is 2. The van der Waals surface area contributed by atoms with Crippen LogP contribution in [0.15, 0.2) is 28.7 Å². The van der Waals surface area contributed by atoms with Crippen molar-refractivity contribution in [3.05, 3.63) is 40.0 Å². The van der Waals surface area contributed by atoms with Crippen molar-refractivity contribution in [3.63, 3.8) is 0 Å². The van der Waals surface area contributed by atoms with Gasteiger partial charge in [0.2, 0.25) is 5.95 Å². The third-order valence-corrected chi connectivity index (χ3v) is 4.24. The van der Waals surface area contributed by atoms with Gasteiger partial charge in [-0.2, -0.15) is 4.98 Å². The highest BCUT2D eigenvalue weighted by atomic mass is 79.9. The highest BCUT2D eigenvalue weighted by Gasteiger charge is 2.04. The third kappa shape index (κ3) is 4.98. The monoisotopic (exact) mass is 362 g/mol. The molecule has 2 rings (SSSR count). The molecular formula is C17H23BrN4. The number of hydrogen-bond donors (Lipinski definition) is 2. The highest BCUT2D eigenvalue weighted by Crippen LogP contribution is 2.22. The zero-order valence-electron chi connectivity index (χ0n) is 13.4. The Morgan fingerprint density at radius 3 is 2.64 bits per heavy atom. The van der Waals surface area contributed by atoms with Crippen LogP contribution in [0.3, 0.4) is 0 Å². The number of benzene rings is 1. The van der Waals surface area contributed by atoms with E-state index in [4.69, 9.17) is 0 Å². The van der Waals surface area contributed by atoms with E-state index in [9.17, 15) is 0 Å². The number of unbranched alkanes of at least 4 members (excludes halogenated alkanes) is 2. The van der Waals surface area contributed by atoms with E-state index in [0.717, 1.165) is 34.6 Å². The second-order valence-electron chi connectivity index (χ2n) is 5.44. The molecule has 5 heteroatoms. The van der Waals surface area contributed by atoms with Crippen LogP contribution in [0.2, 0.25) is 0 Å². The van der Waals surface area contributed by atoms with Gasteiger partial charge in [-0.05, 0) is 44.0 Å². The molecule has 0 spiro atoms. The first-order valence-corrected chi connectivity index (χ1v) is 8.50. The number of aryl methyl sites for hydroxylation is 2.